The quantitative estimate of drug-likeness (QED) is 0.358. The Labute approximate surface area is 110 Å². The maximum atomic E-state index is 11.1. The second-order valence-electron chi connectivity index (χ2n) is 3.86. The van der Waals surface area contributed by atoms with E-state index in [9.17, 15) is 4.79 Å². The first-order chi connectivity index (χ1) is 8.74. The van der Waals surface area contributed by atoms with E-state index >= 15 is 0 Å². The summed E-state index contributed by atoms with van der Waals surface area (Å²) in [4.78, 5) is 11.1. The molecule has 0 bridgehead atoms. The third-order valence-electron chi connectivity index (χ3n) is 2.37. The van der Waals surface area contributed by atoms with Crippen LogP contribution in [0.3, 0.4) is 0 Å². The number of hydrogen-bond donors (Lipinski definition) is 0. The van der Waals surface area contributed by atoms with Gasteiger partial charge in [0.15, 0.2) is 0 Å². The van der Waals surface area contributed by atoms with Crippen molar-refractivity contribution in [1.29, 1.82) is 0 Å². The van der Waals surface area contributed by atoms with Gasteiger partial charge in [-0.05, 0) is 12.8 Å². The van der Waals surface area contributed by atoms with Gasteiger partial charge in [0, 0.05) is 7.11 Å². The molecule has 0 saturated heterocycles. The average Bonchev–Trinajstić information content (AvgIpc) is 2.40. The van der Waals surface area contributed by atoms with Gasteiger partial charge >= 0.3 is 5.97 Å². The van der Waals surface area contributed by atoms with Crippen LogP contribution in [0.2, 0.25) is 0 Å². The Kier molecular flexibility index (Phi) is 11.2. The number of methoxy groups -OCH3 is 2. The second-order valence-corrected chi connectivity index (χ2v) is 3.86. The van der Waals surface area contributed by atoms with Crippen LogP contribution in [0.1, 0.15) is 32.6 Å². The van der Waals surface area contributed by atoms with Crippen LogP contribution >= 0.6 is 0 Å². The van der Waals surface area contributed by atoms with Gasteiger partial charge in [-0.15, -0.1) is 0 Å². The standard InChI is InChI=1S/C15H24O3/c1-4-5-6-7-8-9-10-11-12-14(17-2)13-15(16)18-3/h6-7,9-12,14H,4-5,8,13H2,1-3H3. The Morgan fingerprint density at radius 1 is 1.17 bits per heavy atom. The minimum Gasteiger partial charge on any atom is -0.469 e. The molecule has 0 heterocycles. The van der Waals surface area contributed by atoms with E-state index in [1.54, 1.807) is 7.11 Å². The number of esters is 1. The molecule has 0 aliphatic carbocycles. The van der Waals surface area contributed by atoms with Crippen LogP contribution in [0.4, 0.5) is 0 Å². The van der Waals surface area contributed by atoms with Gasteiger partial charge < -0.3 is 9.47 Å². The van der Waals surface area contributed by atoms with Gasteiger partial charge in [-0.2, -0.15) is 0 Å². The molecule has 0 aliphatic rings. The molecule has 0 aliphatic heterocycles. The highest BCUT2D eigenvalue weighted by Gasteiger charge is 2.09. The molecular formula is C15H24O3. The van der Waals surface area contributed by atoms with E-state index in [2.05, 4.69) is 29.9 Å². The molecule has 1 unspecified atom stereocenters. The van der Waals surface area contributed by atoms with Gasteiger partial charge in [-0.1, -0.05) is 49.8 Å². The molecule has 0 amide bonds. The molecule has 0 spiro atoms. The van der Waals surface area contributed by atoms with Gasteiger partial charge in [-0.25, -0.2) is 0 Å². The van der Waals surface area contributed by atoms with E-state index in [1.165, 1.54) is 13.5 Å². The number of ether oxygens (including phenoxy) is 2. The molecule has 3 heteroatoms. The summed E-state index contributed by atoms with van der Waals surface area (Å²) in [6.45, 7) is 2.16. The monoisotopic (exact) mass is 252 g/mol. The summed E-state index contributed by atoms with van der Waals surface area (Å²) in [5.41, 5.74) is 0. The molecule has 3 nitrogen and oxygen atoms in total. The summed E-state index contributed by atoms with van der Waals surface area (Å²) in [6, 6.07) is 0. The number of rotatable bonds is 9. The normalized spacial score (nSPS) is 13.7. The molecule has 0 saturated carbocycles. The lowest BCUT2D eigenvalue weighted by Gasteiger charge is -2.08. The molecule has 0 fully saturated rings. The van der Waals surface area contributed by atoms with Gasteiger partial charge in [-0.3, -0.25) is 4.79 Å². The molecule has 0 rings (SSSR count). The van der Waals surface area contributed by atoms with Crippen LogP contribution in [0.25, 0.3) is 0 Å². The van der Waals surface area contributed by atoms with Crippen molar-refractivity contribution in [3.05, 3.63) is 36.5 Å². The zero-order valence-corrected chi connectivity index (χ0v) is 11.6. The van der Waals surface area contributed by atoms with Gasteiger partial charge in [0.25, 0.3) is 0 Å². The van der Waals surface area contributed by atoms with Gasteiger partial charge in [0.05, 0.1) is 19.6 Å². The minimum atomic E-state index is -0.266. The first kappa shape index (κ1) is 16.6. The lowest BCUT2D eigenvalue weighted by Crippen LogP contribution is -2.14. The number of allylic oxidation sites excluding steroid dienone is 5. The molecule has 0 N–H and O–H groups in total. The fourth-order valence-electron chi connectivity index (χ4n) is 1.28. The predicted octanol–water partition coefficient (Wildman–Crippen LogP) is 3.42. The topological polar surface area (TPSA) is 35.5 Å². The highest BCUT2D eigenvalue weighted by Crippen LogP contribution is 2.01. The van der Waals surface area contributed by atoms with Crippen molar-refractivity contribution in [3.63, 3.8) is 0 Å². The van der Waals surface area contributed by atoms with Crippen molar-refractivity contribution in [2.45, 2.75) is 38.7 Å². The minimum absolute atomic E-state index is 0.224. The summed E-state index contributed by atoms with van der Waals surface area (Å²) in [6.07, 6.45) is 15.4. The summed E-state index contributed by atoms with van der Waals surface area (Å²) in [7, 11) is 2.95. The van der Waals surface area contributed by atoms with Crippen LogP contribution in [0.15, 0.2) is 36.5 Å². The number of unbranched alkanes of at least 4 members (excludes halogenated alkanes) is 1. The van der Waals surface area contributed by atoms with Gasteiger partial charge in [0.1, 0.15) is 0 Å². The van der Waals surface area contributed by atoms with Crippen LogP contribution in [0, 0.1) is 0 Å². The maximum Gasteiger partial charge on any atom is 0.308 e. The lowest BCUT2D eigenvalue weighted by atomic mass is 10.2. The van der Waals surface area contributed by atoms with E-state index in [4.69, 9.17) is 4.74 Å². The van der Waals surface area contributed by atoms with E-state index in [-0.39, 0.29) is 18.5 Å². The van der Waals surface area contributed by atoms with E-state index < -0.39 is 0 Å². The van der Waals surface area contributed by atoms with Crippen LogP contribution in [0.5, 0.6) is 0 Å². The van der Waals surface area contributed by atoms with Crippen molar-refractivity contribution >= 4 is 5.97 Å². The molecule has 18 heavy (non-hydrogen) atoms. The fourth-order valence-corrected chi connectivity index (χ4v) is 1.28. The second kappa shape index (κ2) is 12.1. The van der Waals surface area contributed by atoms with E-state index in [0.29, 0.717) is 0 Å². The Morgan fingerprint density at radius 3 is 2.56 bits per heavy atom. The first-order valence-corrected chi connectivity index (χ1v) is 6.32. The summed E-state index contributed by atoms with van der Waals surface area (Å²) < 4.78 is 9.73. The summed E-state index contributed by atoms with van der Waals surface area (Å²) in [5, 5.41) is 0. The molecule has 0 aromatic heterocycles. The Balaban J connectivity index is 3.89. The molecule has 102 valence electrons. The van der Waals surface area contributed by atoms with Crippen LogP contribution in [-0.4, -0.2) is 26.3 Å². The zero-order valence-electron chi connectivity index (χ0n) is 11.6. The largest absolute Gasteiger partial charge is 0.469 e. The van der Waals surface area contributed by atoms with E-state index in [1.807, 2.05) is 18.2 Å². The Morgan fingerprint density at radius 2 is 1.94 bits per heavy atom. The van der Waals surface area contributed by atoms with Crippen LogP contribution in [-0.2, 0) is 14.3 Å². The lowest BCUT2D eigenvalue weighted by molar-refractivity contribution is -0.142. The third kappa shape index (κ3) is 9.85. The molecule has 1 atom stereocenters. The SMILES string of the molecule is CCCC=CCC=CC=CC(CC(=O)OC)OC. The smallest absolute Gasteiger partial charge is 0.308 e. The van der Waals surface area contributed by atoms with E-state index in [0.717, 1.165) is 12.8 Å². The maximum absolute atomic E-state index is 11.1. The first-order valence-electron chi connectivity index (χ1n) is 6.32. The van der Waals surface area contributed by atoms with Crippen molar-refractivity contribution in [2.24, 2.45) is 0 Å². The average molecular weight is 252 g/mol. The number of carbonyl (C=O) groups is 1. The number of carbonyl (C=O) groups excluding carboxylic acids is 1. The van der Waals surface area contributed by atoms with Crippen molar-refractivity contribution in [3.8, 4) is 0 Å². The number of hydrogen-bond acceptors (Lipinski definition) is 3. The molecular weight excluding hydrogens is 228 g/mol. The molecule has 0 aromatic carbocycles. The molecule has 0 radical (unpaired) electrons. The Hall–Kier alpha value is -1.35. The van der Waals surface area contributed by atoms with Gasteiger partial charge in [0.2, 0.25) is 0 Å². The molecule has 0 aromatic rings. The van der Waals surface area contributed by atoms with Crippen molar-refractivity contribution < 1.29 is 14.3 Å². The zero-order chi connectivity index (χ0) is 13.6. The summed E-state index contributed by atoms with van der Waals surface area (Å²) in [5.74, 6) is -0.266. The Bertz CT molecular complexity index is 290. The predicted molar refractivity (Wildman–Crippen MR) is 74.4 cm³/mol. The fraction of sp³-hybridized carbons (Fsp3) is 0.533. The van der Waals surface area contributed by atoms with Crippen molar-refractivity contribution in [2.75, 3.05) is 14.2 Å². The van der Waals surface area contributed by atoms with Crippen LogP contribution < -0.4 is 0 Å². The highest BCUT2D eigenvalue weighted by molar-refractivity contribution is 5.70. The summed E-state index contributed by atoms with van der Waals surface area (Å²) >= 11 is 0. The highest BCUT2D eigenvalue weighted by atomic mass is 16.5. The third-order valence-corrected chi connectivity index (χ3v) is 2.37. The van der Waals surface area contributed by atoms with Crippen molar-refractivity contribution in [1.82, 2.24) is 0 Å².